The monoisotopic (exact) mass is 348 g/mol. The lowest BCUT2D eigenvalue weighted by molar-refractivity contribution is -0.117. The molecule has 1 aromatic heterocycles. The fraction of sp³-hybridized carbons (Fsp3) is 0.333. The van der Waals surface area contributed by atoms with Crippen molar-refractivity contribution in [3.63, 3.8) is 0 Å². The Morgan fingerprint density at radius 2 is 2.19 bits per heavy atom. The van der Waals surface area contributed by atoms with E-state index < -0.39 is 5.92 Å². The molecule has 2 N–H and O–H groups in total. The Labute approximate surface area is 130 Å². The largest absolute Gasteiger partial charge is 0.453 e. The number of nitriles is 1. The Balaban J connectivity index is 2.17. The van der Waals surface area contributed by atoms with Crippen molar-refractivity contribution in [3.8, 4) is 6.07 Å². The maximum Gasteiger partial charge on any atom is 0.205 e. The van der Waals surface area contributed by atoms with Gasteiger partial charge >= 0.3 is 0 Å². The van der Waals surface area contributed by atoms with Crippen LogP contribution in [0.15, 0.2) is 44.0 Å². The highest BCUT2D eigenvalue weighted by Crippen LogP contribution is 2.45. The van der Waals surface area contributed by atoms with E-state index in [9.17, 15) is 10.1 Å². The Bertz CT molecular complexity index is 724. The lowest BCUT2D eigenvalue weighted by atomic mass is 9.77. The second kappa shape index (κ2) is 5.08. The van der Waals surface area contributed by atoms with Gasteiger partial charge in [-0.2, -0.15) is 5.26 Å². The molecule has 5 nitrogen and oxygen atoms in total. The van der Waals surface area contributed by atoms with E-state index >= 15 is 0 Å². The van der Waals surface area contributed by atoms with Crippen LogP contribution in [0.5, 0.6) is 0 Å². The molecule has 0 saturated carbocycles. The van der Waals surface area contributed by atoms with Crippen molar-refractivity contribution in [3.05, 3.63) is 45.4 Å². The number of allylic oxidation sites excluding steroid dienone is 3. The molecule has 0 amide bonds. The number of ketones is 1. The molecule has 0 aromatic carbocycles. The second-order valence-electron chi connectivity index (χ2n) is 5.34. The normalized spacial score (nSPS) is 25.5. The van der Waals surface area contributed by atoms with Crippen LogP contribution in [-0.4, -0.2) is 5.78 Å². The van der Waals surface area contributed by atoms with E-state index in [0.717, 1.165) is 0 Å². The average Bonchev–Trinajstić information content (AvgIpc) is 2.83. The van der Waals surface area contributed by atoms with Gasteiger partial charge in [-0.3, -0.25) is 4.79 Å². The highest BCUT2D eigenvalue weighted by atomic mass is 79.9. The zero-order chi connectivity index (χ0) is 15.1. The van der Waals surface area contributed by atoms with Crippen LogP contribution >= 0.6 is 15.9 Å². The number of carbonyl (C=O) groups excluding carboxylic acids is 1. The van der Waals surface area contributed by atoms with Crippen molar-refractivity contribution in [1.29, 1.82) is 5.26 Å². The number of hydrogen-bond donors (Lipinski definition) is 1. The van der Waals surface area contributed by atoms with Crippen LogP contribution in [0.4, 0.5) is 0 Å². The van der Waals surface area contributed by atoms with Gasteiger partial charge in [-0.1, -0.05) is 6.92 Å². The molecule has 6 heteroatoms. The van der Waals surface area contributed by atoms with Gasteiger partial charge in [0.1, 0.15) is 23.2 Å². The molecule has 1 aliphatic heterocycles. The summed E-state index contributed by atoms with van der Waals surface area (Å²) in [6.45, 7) is 1.99. The first-order chi connectivity index (χ1) is 10.0. The molecule has 2 atom stereocenters. The summed E-state index contributed by atoms with van der Waals surface area (Å²) in [5.41, 5.74) is 6.58. The quantitative estimate of drug-likeness (QED) is 0.841. The second-order valence-corrected chi connectivity index (χ2v) is 6.12. The summed E-state index contributed by atoms with van der Waals surface area (Å²) in [7, 11) is 0. The van der Waals surface area contributed by atoms with E-state index in [2.05, 4.69) is 15.9 Å². The molecule has 0 radical (unpaired) electrons. The number of furan rings is 1. The standard InChI is InChI=1S/C15H13BrN2O3/c1-7-4-9(19)14-11(5-7)21-15(18)8(6-17)13(14)10-2-3-12(16)20-10/h2-3,7,13H,4-5,18H2,1H3. The molecule has 0 bridgehead atoms. The first kappa shape index (κ1) is 14.0. The number of nitrogens with two attached hydrogens (primary N) is 1. The van der Waals surface area contributed by atoms with Crippen molar-refractivity contribution < 1.29 is 13.9 Å². The molecule has 0 saturated heterocycles. The molecular formula is C15H13BrN2O3. The first-order valence-electron chi connectivity index (χ1n) is 6.60. The molecule has 2 aliphatic rings. The van der Waals surface area contributed by atoms with Crippen LogP contribution in [0.1, 0.15) is 31.4 Å². The van der Waals surface area contributed by atoms with Crippen molar-refractivity contribution in [1.82, 2.24) is 0 Å². The van der Waals surface area contributed by atoms with Gasteiger partial charge in [-0.25, -0.2) is 0 Å². The predicted molar refractivity (Wildman–Crippen MR) is 77.5 cm³/mol. The van der Waals surface area contributed by atoms with Crippen LogP contribution in [-0.2, 0) is 9.53 Å². The summed E-state index contributed by atoms with van der Waals surface area (Å²) in [4.78, 5) is 12.4. The molecule has 1 aromatic rings. The molecule has 108 valence electrons. The summed E-state index contributed by atoms with van der Waals surface area (Å²) in [5, 5.41) is 9.37. The minimum absolute atomic E-state index is 0.0125. The van der Waals surface area contributed by atoms with Gasteiger partial charge in [0, 0.05) is 18.4 Å². The summed E-state index contributed by atoms with van der Waals surface area (Å²) >= 11 is 3.24. The third-order valence-corrected chi connectivity index (χ3v) is 4.17. The number of hydrogen-bond acceptors (Lipinski definition) is 5. The zero-order valence-electron chi connectivity index (χ0n) is 11.4. The number of rotatable bonds is 1. The molecule has 0 fully saturated rings. The fourth-order valence-electron chi connectivity index (χ4n) is 2.86. The van der Waals surface area contributed by atoms with Crippen molar-refractivity contribution in [2.24, 2.45) is 11.7 Å². The molecule has 3 rings (SSSR count). The van der Waals surface area contributed by atoms with Crippen LogP contribution in [0, 0.1) is 17.2 Å². The maximum atomic E-state index is 12.4. The third kappa shape index (κ3) is 2.28. The van der Waals surface area contributed by atoms with Crippen LogP contribution in [0.2, 0.25) is 0 Å². The van der Waals surface area contributed by atoms with Crippen molar-refractivity contribution in [2.45, 2.75) is 25.7 Å². The van der Waals surface area contributed by atoms with Crippen LogP contribution in [0.3, 0.4) is 0 Å². The molecule has 2 heterocycles. The highest BCUT2D eigenvalue weighted by Gasteiger charge is 2.41. The predicted octanol–water partition coefficient (Wildman–Crippen LogP) is 3.10. The Kier molecular flexibility index (Phi) is 3.38. The van der Waals surface area contributed by atoms with Gasteiger partial charge in [0.15, 0.2) is 10.5 Å². The highest BCUT2D eigenvalue weighted by molar-refractivity contribution is 9.10. The van der Waals surface area contributed by atoms with Crippen molar-refractivity contribution in [2.75, 3.05) is 0 Å². The van der Waals surface area contributed by atoms with E-state index in [0.29, 0.717) is 34.6 Å². The summed E-state index contributed by atoms with van der Waals surface area (Å²) < 4.78 is 11.6. The molecule has 1 aliphatic carbocycles. The lowest BCUT2D eigenvalue weighted by Gasteiger charge is -2.31. The third-order valence-electron chi connectivity index (χ3n) is 3.74. The minimum atomic E-state index is -0.579. The number of nitrogens with zero attached hydrogens (tertiary/aromatic N) is 1. The fourth-order valence-corrected chi connectivity index (χ4v) is 3.18. The van der Waals surface area contributed by atoms with Crippen LogP contribution in [0.25, 0.3) is 0 Å². The van der Waals surface area contributed by atoms with E-state index in [1.807, 2.05) is 13.0 Å². The summed E-state index contributed by atoms with van der Waals surface area (Å²) in [6, 6.07) is 5.51. The Hall–Kier alpha value is -2.00. The van der Waals surface area contributed by atoms with Gasteiger partial charge in [-0.05, 0) is 34.0 Å². The Morgan fingerprint density at radius 1 is 1.43 bits per heavy atom. The van der Waals surface area contributed by atoms with Crippen molar-refractivity contribution >= 4 is 21.7 Å². The number of halogens is 1. The lowest BCUT2D eigenvalue weighted by Crippen LogP contribution is -2.29. The minimum Gasteiger partial charge on any atom is -0.453 e. The van der Waals surface area contributed by atoms with E-state index in [1.165, 1.54) is 0 Å². The maximum absolute atomic E-state index is 12.4. The van der Waals surface area contributed by atoms with Gasteiger partial charge in [0.25, 0.3) is 0 Å². The van der Waals surface area contributed by atoms with E-state index in [1.54, 1.807) is 12.1 Å². The SMILES string of the molecule is CC1CC(=O)C2=C(C1)OC(N)=C(C#N)C2c1ccc(Br)o1. The van der Waals surface area contributed by atoms with Crippen LogP contribution < -0.4 is 5.73 Å². The molecular weight excluding hydrogens is 336 g/mol. The van der Waals surface area contributed by atoms with Gasteiger partial charge in [0.2, 0.25) is 5.88 Å². The van der Waals surface area contributed by atoms with Gasteiger partial charge < -0.3 is 14.9 Å². The van der Waals surface area contributed by atoms with Gasteiger partial charge in [0.05, 0.1) is 5.92 Å². The van der Waals surface area contributed by atoms with E-state index in [-0.39, 0.29) is 23.2 Å². The molecule has 21 heavy (non-hydrogen) atoms. The molecule has 0 spiro atoms. The molecule has 2 unspecified atom stereocenters. The Morgan fingerprint density at radius 3 is 2.81 bits per heavy atom. The summed E-state index contributed by atoms with van der Waals surface area (Å²) in [5.74, 6) is 0.742. The number of Topliss-reactive ketones (excluding diaryl/α,β-unsaturated/α-hetero) is 1. The summed E-state index contributed by atoms with van der Waals surface area (Å²) in [6.07, 6.45) is 1.08. The smallest absolute Gasteiger partial charge is 0.205 e. The first-order valence-corrected chi connectivity index (χ1v) is 7.39. The topological polar surface area (TPSA) is 89.2 Å². The average molecular weight is 349 g/mol. The van der Waals surface area contributed by atoms with Gasteiger partial charge in [-0.15, -0.1) is 0 Å². The number of ether oxygens (including phenoxy) is 1. The van der Waals surface area contributed by atoms with E-state index in [4.69, 9.17) is 14.9 Å². The number of carbonyl (C=O) groups is 1. The zero-order valence-corrected chi connectivity index (χ0v) is 12.9.